The summed E-state index contributed by atoms with van der Waals surface area (Å²) in [6.07, 6.45) is 3.51. The van der Waals surface area contributed by atoms with Gasteiger partial charge in [-0.15, -0.1) is 0 Å². The summed E-state index contributed by atoms with van der Waals surface area (Å²) >= 11 is 3.32. The number of halogens is 1. The van der Waals surface area contributed by atoms with Crippen LogP contribution in [0.1, 0.15) is 5.69 Å². The Morgan fingerprint density at radius 2 is 2.43 bits per heavy atom. The highest BCUT2D eigenvalue weighted by molar-refractivity contribution is 9.10. The Balaban J connectivity index is 2.46. The third-order valence-corrected chi connectivity index (χ3v) is 2.30. The fourth-order valence-electron chi connectivity index (χ4n) is 1.25. The van der Waals surface area contributed by atoms with Crippen LogP contribution < -0.4 is 0 Å². The number of pyridine rings is 1. The molecule has 0 aliphatic heterocycles. The van der Waals surface area contributed by atoms with E-state index in [1.165, 1.54) is 0 Å². The largest absolute Gasteiger partial charge is 0.481 e. The van der Waals surface area contributed by atoms with Crippen molar-refractivity contribution in [3.05, 3.63) is 34.7 Å². The van der Waals surface area contributed by atoms with Gasteiger partial charge in [-0.2, -0.15) is 0 Å². The minimum Gasteiger partial charge on any atom is -0.481 e. The van der Waals surface area contributed by atoms with Crippen molar-refractivity contribution in [2.75, 3.05) is 0 Å². The third kappa shape index (κ3) is 1.77. The minimum atomic E-state index is -0.868. The number of nitrogens with zero attached hydrogens (tertiary/aromatic N) is 2. The number of aliphatic carboxylic acids is 1. The van der Waals surface area contributed by atoms with E-state index in [0.717, 1.165) is 10.1 Å². The van der Waals surface area contributed by atoms with Crippen molar-refractivity contribution < 1.29 is 9.90 Å². The van der Waals surface area contributed by atoms with Gasteiger partial charge in [-0.1, -0.05) is 15.9 Å². The predicted octanol–water partition coefficient (Wildman–Crippen LogP) is 1.72. The molecular formula is C9H7BrN2O2. The van der Waals surface area contributed by atoms with E-state index in [1.807, 2.05) is 18.3 Å². The van der Waals surface area contributed by atoms with Crippen LogP contribution in [-0.4, -0.2) is 20.5 Å². The van der Waals surface area contributed by atoms with Crippen molar-refractivity contribution in [3.8, 4) is 0 Å². The van der Waals surface area contributed by atoms with Crippen molar-refractivity contribution in [1.29, 1.82) is 0 Å². The Bertz CT molecular complexity index is 493. The molecule has 0 saturated heterocycles. The van der Waals surface area contributed by atoms with Gasteiger partial charge in [0.15, 0.2) is 0 Å². The average Bonchev–Trinajstić information content (AvgIpc) is 2.44. The lowest BCUT2D eigenvalue weighted by Gasteiger charge is -1.91. The second kappa shape index (κ2) is 3.42. The smallest absolute Gasteiger partial charge is 0.309 e. The maximum absolute atomic E-state index is 10.5. The normalized spacial score (nSPS) is 10.6. The van der Waals surface area contributed by atoms with Gasteiger partial charge in [-0.3, -0.25) is 4.79 Å². The summed E-state index contributed by atoms with van der Waals surface area (Å²) in [6, 6.07) is 3.71. The summed E-state index contributed by atoms with van der Waals surface area (Å²) in [7, 11) is 0. The van der Waals surface area contributed by atoms with E-state index in [4.69, 9.17) is 5.11 Å². The van der Waals surface area contributed by atoms with Gasteiger partial charge in [0.2, 0.25) is 0 Å². The molecule has 2 aromatic heterocycles. The summed E-state index contributed by atoms with van der Waals surface area (Å²) in [5.41, 5.74) is 1.31. The summed E-state index contributed by atoms with van der Waals surface area (Å²) in [4.78, 5) is 14.6. The fourth-order valence-corrected chi connectivity index (χ4v) is 1.57. The highest BCUT2D eigenvalue weighted by Crippen LogP contribution is 2.13. The number of carboxylic acid groups (broad SMARTS) is 1. The molecule has 0 aliphatic rings. The van der Waals surface area contributed by atoms with Crippen molar-refractivity contribution in [3.63, 3.8) is 0 Å². The van der Waals surface area contributed by atoms with Crippen molar-refractivity contribution in [2.45, 2.75) is 6.42 Å². The molecule has 2 rings (SSSR count). The van der Waals surface area contributed by atoms with E-state index < -0.39 is 5.97 Å². The Labute approximate surface area is 88.3 Å². The molecule has 0 bridgehead atoms. The van der Waals surface area contributed by atoms with Crippen LogP contribution in [0.5, 0.6) is 0 Å². The van der Waals surface area contributed by atoms with Gasteiger partial charge < -0.3 is 9.51 Å². The number of carbonyl (C=O) groups is 1. The highest BCUT2D eigenvalue weighted by Gasteiger charge is 2.05. The van der Waals surface area contributed by atoms with Gasteiger partial charge >= 0.3 is 5.97 Å². The maximum atomic E-state index is 10.5. The second-order valence-electron chi connectivity index (χ2n) is 2.91. The second-order valence-corrected chi connectivity index (χ2v) is 3.83. The molecule has 72 valence electrons. The number of fused-ring (bicyclic) bond motifs is 1. The highest BCUT2D eigenvalue weighted by atomic mass is 79.9. The van der Waals surface area contributed by atoms with E-state index in [0.29, 0.717) is 5.69 Å². The van der Waals surface area contributed by atoms with E-state index in [1.54, 1.807) is 10.6 Å². The molecule has 14 heavy (non-hydrogen) atoms. The van der Waals surface area contributed by atoms with Crippen LogP contribution in [-0.2, 0) is 11.2 Å². The number of rotatable bonds is 2. The molecule has 0 aliphatic carbocycles. The van der Waals surface area contributed by atoms with Gasteiger partial charge in [-0.25, -0.2) is 4.98 Å². The quantitative estimate of drug-likeness (QED) is 0.888. The topological polar surface area (TPSA) is 54.6 Å². The van der Waals surface area contributed by atoms with Gasteiger partial charge in [-0.05, 0) is 12.1 Å². The Morgan fingerprint density at radius 1 is 1.64 bits per heavy atom. The number of hydrogen-bond donors (Lipinski definition) is 1. The van der Waals surface area contributed by atoms with Crippen LogP contribution in [0, 0.1) is 0 Å². The molecular weight excluding hydrogens is 248 g/mol. The molecule has 0 unspecified atom stereocenters. The zero-order valence-corrected chi connectivity index (χ0v) is 8.73. The summed E-state index contributed by atoms with van der Waals surface area (Å²) in [5, 5.41) is 8.59. The Hall–Kier alpha value is -1.36. The zero-order valence-electron chi connectivity index (χ0n) is 7.14. The molecule has 1 N–H and O–H groups in total. The monoisotopic (exact) mass is 254 g/mol. The molecule has 2 aromatic rings. The first-order valence-electron chi connectivity index (χ1n) is 4.00. The molecule has 0 atom stereocenters. The third-order valence-electron chi connectivity index (χ3n) is 1.80. The first kappa shape index (κ1) is 9.21. The van der Waals surface area contributed by atoms with Gasteiger partial charge in [0, 0.05) is 16.9 Å². The summed E-state index contributed by atoms with van der Waals surface area (Å²) < 4.78 is 2.72. The lowest BCUT2D eigenvalue weighted by molar-refractivity contribution is -0.136. The van der Waals surface area contributed by atoms with E-state index in [2.05, 4.69) is 20.9 Å². The van der Waals surface area contributed by atoms with E-state index in [9.17, 15) is 4.79 Å². The number of carboxylic acids is 1. The van der Waals surface area contributed by atoms with Gasteiger partial charge in [0.1, 0.15) is 5.65 Å². The van der Waals surface area contributed by atoms with Crippen LogP contribution >= 0.6 is 15.9 Å². The van der Waals surface area contributed by atoms with Gasteiger partial charge in [0.05, 0.1) is 12.1 Å². The Kier molecular flexibility index (Phi) is 2.25. The maximum Gasteiger partial charge on any atom is 0.309 e. The molecule has 0 aromatic carbocycles. The fraction of sp³-hybridized carbons (Fsp3) is 0.111. The van der Waals surface area contributed by atoms with Crippen LogP contribution in [0.15, 0.2) is 29.0 Å². The Morgan fingerprint density at radius 3 is 3.14 bits per heavy atom. The number of hydrogen-bond acceptors (Lipinski definition) is 2. The van der Waals surface area contributed by atoms with E-state index >= 15 is 0 Å². The van der Waals surface area contributed by atoms with Crippen LogP contribution in [0.25, 0.3) is 5.65 Å². The number of imidazole rings is 1. The molecule has 0 radical (unpaired) electrons. The standard InChI is InChI=1S/C9H7BrN2O2/c10-6-1-2-12-5-7(4-9(13)14)11-8(12)3-6/h1-3,5H,4H2,(H,13,14). The molecule has 0 saturated carbocycles. The molecule has 0 spiro atoms. The first-order valence-corrected chi connectivity index (χ1v) is 4.79. The summed E-state index contributed by atoms with van der Waals surface area (Å²) in [5.74, 6) is -0.868. The van der Waals surface area contributed by atoms with Crippen LogP contribution in [0.2, 0.25) is 0 Å². The van der Waals surface area contributed by atoms with Crippen molar-refractivity contribution in [1.82, 2.24) is 9.38 Å². The first-order chi connectivity index (χ1) is 6.65. The van der Waals surface area contributed by atoms with Crippen molar-refractivity contribution in [2.24, 2.45) is 0 Å². The van der Waals surface area contributed by atoms with Gasteiger partial charge in [0.25, 0.3) is 0 Å². The molecule has 4 nitrogen and oxygen atoms in total. The zero-order chi connectivity index (χ0) is 10.1. The van der Waals surface area contributed by atoms with Crippen molar-refractivity contribution >= 4 is 27.5 Å². The van der Waals surface area contributed by atoms with E-state index in [-0.39, 0.29) is 6.42 Å². The molecule has 0 fully saturated rings. The predicted molar refractivity (Wildman–Crippen MR) is 54.2 cm³/mol. The SMILES string of the molecule is O=C(O)Cc1cn2ccc(Br)cc2n1. The summed E-state index contributed by atoms with van der Waals surface area (Å²) in [6.45, 7) is 0. The molecule has 5 heteroatoms. The molecule has 2 heterocycles. The minimum absolute atomic E-state index is 0.0424. The average molecular weight is 255 g/mol. The number of aromatic nitrogens is 2. The lowest BCUT2D eigenvalue weighted by Crippen LogP contribution is -1.99. The molecule has 0 amide bonds. The van der Waals surface area contributed by atoms with Crippen LogP contribution in [0.3, 0.4) is 0 Å². The lowest BCUT2D eigenvalue weighted by atomic mass is 10.3. The van der Waals surface area contributed by atoms with Crippen LogP contribution in [0.4, 0.5) is 0 Å².